The Morgan fingerprint density at radius 3 is 2.00 bits per heavy atom. The molecule has 3 atom stereocenters. The van der Waals surface area contributed by atoms with Crippen molar-refractivity contribution < 1.29 is 20.1 Å². The summed E-state index contributed by atoms with van der Waals surface area (Å²) in [6.07, 6.45) is 11.7. The second-order valence-electron chi connectivity index (χ2n) is 6.93. The lowest BCUT2D eigenvalue weighted by molar-refractivity contribution is -0.137. The molecule has 0 heterocycles. The highest BCUT2D eigenvalue weighted by molar-refractivity contribution is 5.66. The maximum Gasteiger partial charge on any atom is 0.303 e. The van der Waals surface area contributed by atoms with Crippen molar-refractivity contribution in [3.05, 3.63) is 0 Å². The first-order chi connectivity index (χ1) is 11.0. The maximum atomic E-state index is 10.4. The molecule has 3 N–H and O–H groups in total. The van der Waals surface area contributed by atoms with Gasteiger partial charge in [-0.15, -0.1) is 0 Å². The predicted octanol–water partition coefficient (Wildman–Crippen LogP) is 4.52. The lowest BCUT2D eigenvalue weighted by Crippen LogP contribution is -2.17. The minimum Gasteiger partial charge on any atom is -0.481 e. The third-order valence-electron chi connectivity index (χ3n) is 4.65. The van der Waals surface area contributed by atoms with E-state index in [0.717, 1.165) is 64.2 Å². The van der Waals surface area contributed by atoms with Gasteiger partial charge >= 0.3 is 5.97 Å². The van der Waals surface area contributed by atoms with E-state index < -0.39 is 5.97 Å². The van der Waals surface area contributed by atoms with Gasteiger partial charge in [-0.1, -0.05) is 51.9 Å². The number of hydrogen-bond donors (Lipinski definition) is 3. The van der Waals surface area contributed by atoms with Gasteiger partial charge in [0.2, 0.25) is 0 Å². The first-order valence-corrected chi connectivity index (χ1v) is 9.55. The van der Waals surface area contributed by atoms with Crippen molar-refractivity contribution in [3.63, 3.8) is 0 Å². The number of aliphatic hydroxyl groups is 2. The monoisotopic (exact) mass is 330 g/mol. The molecule has 0 saturated heterocycles. The number of carbonyl (C=O) groups is 1. The molecule has 0 rings (SSSR count). The van der Waals surface area contributed by atoms with Crippen LogP contribution < -0.4 is 0 Å². The molecule has 0 unspecified atom stereocenters. The second kappa shape index (κ2) is 14.9. The number of hydrogen-bond acceptors (Lipinski definition) is 3. The quantitative estimate of drug-likeness (QED) is 0.364. The fourth-order valence-electron chi connectivity index (χ4n) is 3.05. The molecule has 0 aliphatic heterocycles. The molecule has 0 aromatic heterocycles. The Bertz CT molecular complexity index is 279. The van der Waals surface area contributed by atoms with E-state index in [1.165, 1.54) is 12.8 Å². The zero-order valence-corrected chi connectivity index (χ0v) is 15.2. The lowest BCUT2D eigenvalue weighted by atomic mass is 9.90. The Morgan fingerprint density at radius 2 is 1.39 bits per heavy atom. The van der Waals surface area contributed by atoms with Crippen molar-refractivity contribution in [2.24, 2.45) is 5.92 Å². The third kappa shape index (κ3) is 14.7. The minimum atomic E-state index is -0.718. The summed E-state index contributed by atoms with van der Waals surface area (Å²) in [6, 6.07) is 0. The maximum absolute atomic E-state index is 10.4. The minimum absolute atomic E-state index is 0.188. The van der Waals surface area contributed by atoms with Gasteiger partial charge in [0.25, 0.3) is 0 Å². The second-order valence-corrected chi connectivity index (χ2v) is 6.93. The summed E-state index contributed by atoms with van der Waals surface area (Å²) < 4.78 is 0. The van der Waals surface area contributed by atoms with E-state index in [4.69, 9.17) is 5.11 Å². The number of aliphatic hydroxyl groups excluding tert-OH is 2. The molecular weight excluding hydrogens is 292 g/mol. The SMILES string of the molecule is CCCCC[C@H](O)CCC[C@H](CCCCCCC(=O)O)[C@H](C)O. The molecule has 0 aromatic rings. The average molecular weight is 331 g/mol. The van der Waals surface area contributed by atoms with Crippen molar-refractivity contribution in [3.8, 4) is 0 Å². The molecular formula is C19H38O4. The van der Waals surface area contributed by atoms with Gasteiger partial charge in [-0.25, -0.2) is 0 Å². The summed E-state index contributed by atoms with van der Waals surface area (Å²) in [4.78, 5) is 10.4. The molecule has 4 nitrogen and oxygen atoms in total. The highest BCUT2D eigenvalue weighted by atomic mass is 16.4. The molecule has 0 fully saturated rings. The molecule has 23 heavy (non-hydrogen) atoms. The zero-order chi connectivity index (χ0) is 17.5. The van der Waals surface area contributed by atoms with Crippen molar-refractivity contribution in [1.29, 1.82) is 0 Å². The first kappa shape index (κ1) is 22.4. The van der Waals surface area contributed by atoms with E-state index in [1.807, 2.05) is 6.92 Å². The van der Waals surface area contributed by atoms with Gasteiger partial charge in [-0.05, 0) is 44.9 Å². The van der Waals surface area contributed by atoms with Crippen LogP contribution in [0.1, 0.15) is 97.3 Å². The standard InChI is InChI=1S/C19H38O4/c1-3-4-7-13-18(21)14-10-12-17(16(2)20)11-8-5-6-9-15-19(22)23/h16-18,20-21H,3-15H2,1-2H3,(H,22,23)/t16-,17-,18-/m0/s1. The molecule has 0 radical (unpaired) electrons. The van der Waals surface area contributed by atoms with Crippen molar-refractivity contribution in [2.75, 3.05) is 0 Å². The average Bonchev–Trinajstić information content (AvgIpc) is 2.48. The largest absolute Gasteiger partial charge is 0.481 e. The van der Waals surface area contributed by atoms with E-state index in [2.05, 4.69) is 6.92 Å². The van der Waals surface area contributed by atoms with Crippen molar-refractivity contribution >= 4 is 5.97 Å². The summed E-state index contributed by atoms with van der Waals surface area (Å²) >= 11 is 0. The van der Waals surface area contributed by atoms with Crippen LogP contribution in [0.3, 0.4) is 0 Å². The number of carboxylic acids is 1. The molecule has 0 aromatic carbocycles. The van der Waals surface area contributed by atoms with Crippen LogP contribution in [0, 0.1) is 5.92 Å². The van der Waals surface area contributed by atoms with Gasteiger partial charge in [0.05, 0.1) is 12.2 Å². The van der Waals surface area contributed by atoms with Gasteiger partial charge < -0.3 is 15.3 Å². The van der Waals surface area contributed by atoms with Gasteiger partial charge in [0.15, 0.2) is 0 Å². The van der Waals surface area contributed by atoms with Gasteiger partial charge in [-0.2, -0.15) is 0 Å². The molecule has 0 saturated carbocycles. The van der Waals surface area contributed by atoms with Crippen LogP contribution in [0.15, 0.2) is 0 Å². The Kier molecular flexibility index (Phi) is 14.6. The predicted molar refractivity (Wildman–Crippen MR) is 94.5 cm³/mol. The summed E-state index contributed by atoms with van der Waals surface area (Å²) in [6.45, 7) is 4.02. The highest BCUT2D eigenvalue weighted by Crippen LogP contribution is 2.22. The van der Waals surface area contributed by atoms with Crippen LogP contribution in [-0.2, 0) is 4.79 Å². The van der Waals surface area contributed by atoms with Crippen LogP contribution in [-0.4, -0.2) is 33.5 Å². The lowest BCUT2D eigenvalue weighted by Gasteiger charge is -2.20. The Labute approximate surface area is 142 Å². The number of carboxylic acid groups (broad SMARTS) is 1. The third-order valence-corrected chi connectivity index (χ3v) is 4.65. The fourth-order valence-corrected chi connectivity index (χ4v) is 3.05. The van der Waals surface area contributed by atoms with E-state index in [9.17, 15) is 15.0 Å². The molecule has 0 amide bonds. The molecule has 0 bridgehead atoms. The van der Waals surface area contributed by atoms with Crippen LogP contribution in [0.25, 0.3) is 0 Å². The molecule has 0 spiro atoms. The molecule has 138 valence electrons. The summed E-state index contributed by atoms with van der Waals surface area (Å²) in [5.41, 5.74) is 0. The number of aliphatic carboxylic acids is 1. The van der Waals surface area contributed by atoms with E-state index in [-0.39, 0.29) is 18.6 Å². The van der Waals surface area contributed by atoms with Crippen LogP contribution in [0.5, 0.6) is 0 Å². The highest BCUT2D eigenvalue weighted by Gasteiger charge is 2.15. The Balaban J connectivity index is 3.71. The van der Waals surface area contributed by atoms with E-state index >= 15 is 0 Å². The smallest absolute Gasteiger partial charge is 0.303 e. The number of unbranched alkanes of at least 4 members (excludes halogenated alkanes) is 5. The van der Waals surface area contributed by atoms with Gasteiger partial charge in [-0.3, -0.25) is 4.79 Å². The molecule has 4 heteroatoms. The van der Waals surface area contributed by atoms with E-state index in [1.54, 1.807) is 0 Å². The van der Waals surface area contributed by atoms with Crippen LogP contribution >= 0.6 is 0 Å². The van der Waals surface area contributed by atoms with E-state index in [0.29, 0.717) is 5.92 Å². The molecule has 0 aliphatic rings. The Morgan fingerprint density at radius 1 is 0.826 bits per heavy atom. The topological polar surface area (TPSA) is 77.8 Å². The first-order valence-electron chi connectivity index (χ1n) is 9.55. The van der Waals surface area contributed by atoms with Crippen LogP contribution in [0.2, 0.25) is 0 Å². The number of rotatable bonds is 16. The summed E-state index contributed by atoms with van der Waals surface area (Å²) in [7, 11) is 0. The van der Waals surface area contributed by atoms with Crippen molar-refractivity contribution in [2.45, 2.75) is 110 Å². The molecule has 0 aliphatic carbocycles. The normalized spacial score (nSPS) is 15.3. The van der Waals surface area contributed by atoms with Gasteiger partial charge in [0.1, 0.15) is 0 Å². The summed E-state index contributed by atoms with van der Waals surface area (Å²) in [5, 5.41) is 28.4. The van der Waals surface area contributed by atoms with Crippen LogP contribution in [0.4, 0.5) is 0 Å². The Hall–Kier alpha value is -0.610. The summed E-state index contributed by atoms with van der Waals surface area (Å²) in [5.74, 6) is -0.415. The van der Waals surface area contributed by atoms with Crippen molar-refractivity contribution in [1.82, 2.24) is 0 Å². The van der Waals surface area contributed by atoms with Gasteiger partial charge in [0, 0.05) is 6.42 Å². The fraction of sp³-hybridized carbons (Fsp3) is 0.947. The zero-order valence-electron chi connectivity index (χ0n) is 15.2.